The van der Waals surface area contributed by atoms with Crippen LogP contribution in [0, 0.1) is 11.7 Å². The Kier molecular flexibility index (Phi) is 4.67. The van der Waals surface area contributed by atoms with Gasteiger partial charge in [-0.25, -0.2) is 9.37 Å². The molecule has 0 spiro atoms. The lowest BCUT2D eigenvalue weighted by atomic mass is 9.69. The first-order valence-corrected chi connectivity index (χ1v) is 10.0. The number of aryl methyl sites for hydroxylation is 1. The monoisotopic (exact) mass is 387 g/mol. The van der Waals surface area contributed by atoms with Crippen LogP contribution in [0.5, 0.6) is 0 Å². The number of halogens is 1. The summed E-state index contributed by atoms with van der Waals surface area (Å²) in [5, 5.41) is 3.32. The van der Waals surface area contributed by atoms with Crippen LogP contribution in [0.1, 0.15) is 41.7 Å². The molecule has 8 heteroatoms. The number of amides is 1. The number of nitrogens with one attached hydrogen (secondary N) is 1. The molecule has 6 nitrogen and oxygen atoms in total. The number of nitrogens with two attached hydrogens (primary N) is 1. The Morgan fingerprint density at radius 2 is 2.30 bits per heavy atom. The molecule has 0 unspecified atom stereocenters. The number of carbonyl (C=O) groups is 1. The van der Waals surface area contributed by atoms with Crippen LogP contribution in [0.15, 0.2) is 35.7 Å². The summed E-state index contributed by atoms with van der Waals surface area (Å²) < 4.78 is 16.6. The van der Waals surface area contributed by atoms with Crippen LogP contribution in [0.3, 0.4) is 0 Å². The fourth-order valence-electron chi connectivity index (χ4n) is 4.09. The summed E-state index contributed by atoms with van der Waals surface area (Å²) in [5.41, 5.74) is 6.76. The largest absolute Gasteiger partial charge is 0.379 e. The highest BCUT2D eigenvalue weighted by atomic mass is 32.2. The van der Waals surface area contributed by atoms with Gasteiger partial charge in [-0.1, -0.05) is 24.6 Å². The van der Waals surface area contributed by atoms with Gasteiger partial charge in [0.15, 0.2) is 5.17 Å². The predicted octanol–water partition coefficient (Wildman–Crippen LogP) is 3.26. The molecule has 0 radical (unpaired) electrons. The Morgan fingerprint density at radius 3 is 3.07 bits per heavy atom. The molecule has 1 aromatic carbocycles. The standard InChI is InChI=1S/C19H22FN5OS/c1-25-9-16(22-11-25)17(26)23-13-5-6-15(20)14(8-13)19-7-3-2-4-12(19)10-27-18(21)24-19/h5-6,8-9,11-12H,2-4,7,10H2,1H3,(H2,21,24)(H,23,26)/t12-,19-/m0/s1. The van der Waals surface area contributed by atoms with Crippen molar-refractivity contribution < 1.29 is 9.18 Å². The number of carbonyl (C=O) groups excluding carboxylic acids is 1. The maximum Gasteiger partial charge on any atom is 0.275 e. The third-order valence-corrected chi connectivity index (χ3v) is 6.36. The normalized spacial score (nSPS) is 24.8. The van der Waals surface area contributed by atoms with Crippen LogP contribution in [0.2, 0.25) is 0 Å². The number of benzene rings is 1. The summed E-state index contributed by atoms with van der Waals surface area (Å²) in [6.07, 6.45) is 7.09. The first kappa shape index (κ1) is 18.0. The van der Waals surface area contributed by atoms with E-state index < -0.39 is 5.54 Å². The Hall–Kier alpha value is -2.35. The number of rotatable bonds is 3. The van der Waals surface area contributed by atoms with Gasteiger partial charge in [-0.3, -0.25) is 9.79 Å². The van der Waals surface area contributed by atoms with Crippen molar-refractivity contribution in [3.05, 3.63) is 47.8 Å². The minimum Gasteiger partial charge on any atom is -0.379 e. The third-order valence-electron chi connectivity index (χ3n) is 5.41. The van der Waals surface area contributed by atoms with Gasteiger partial charge in [0.2, 0.25) is 0 Å². The van der Waals surface area contributed by atoms with Crippen molar-refractivity contribution in [2.24, 2.45) is 23.7 Å². The fourth-order valence-corrected chi connectivity index (χ4v) is 5.13. The SMILES string of the molecule is Cn1cnc(C(=O)Nc2ccc(F)c([C@]34CCCC[C@H]3CSC(N)=N4)c2)c1. The van der Waals surface area contributed by atoms with Crippen LogP contribution in [-0.2, 0) is 12.6 Å². The van der Waals surface area contributed by atoms with Crippen LogP contribution >= 0.6 is 11.8 Å². The van der Waals surface area contributed by atoms with Crippen LogP contribution < -0.4 is 11.1 Å². The van der Waals surface area contributed by atoms with Gasteiger partial charge in [-0.05, 0) is 37.0 Å². The van der Waals surface area contributed by atoms with Gasteiger partial charge in [-0.2, -0.15) is 0 Å². The van der Waals surface area contributed by atoms with Crippen LogP contribution in [-0.4, -0.2) is 26.4 Å². The van der Waals surface area contributed by atoms with Gasteiger partial charge >= 0.3 is 0 Å². The summed E-state index contributed by atoms with van der Waals surface area (Å²) in [5.74, 6) is 0.466. The van der Waals surface area contributed by atoms with Crippen LogP contribution in [0.25, 0.3) is 0 Å². The van der Waals surface area contributed by atoms with Gasteiger partial charge in [0, 0.05) is 30.2 Å². The van der Waals surface area contributed by atoms with Crippen LogP contribution in [0.4, 0.5) is 10.1 Å². The molecule has 1 aliphatic heterocycles. The number of nitrogens with zero attached hydrogens (tertiary/aromatic N) is 3. The lowest BCUT2D eigenvalue weighted by Gasteiger charge is -2.44. The molecule has 142 valence electrons. The van der Waals surface area contributed by atoms with E-state index in [1.165, 1.54) is 6.07 Å². The number of hydrogen-bond donors (Lipinski definition) is 2. The maximum atomic E-state index is 14.9. The summed E-state index contributed by atoms with van der Waals surface area (Å²) in [6, 6.07) is 4.68. The molecular weight excluding hydrogens is 365 g/mol. The molecule has 0 saturated heterocycles. The zero-order chi connectivity index (χ0) is 19.0. The van der Waals surface area contributed by atoms with E-state index in [0.717, 1.165) is 31.4 Å². The Morgan fingerprint density at radius 1 is 1.44 bits per heavy atom. The van der Waals surface area contributed by atoms with Gasteiger partial charge < -0.3 is 15.6 Å². The second-order valence-electron chi connectivity index (χ2n) is 7.20. The molecule has 2 aliphatic rings. The lowest BCUT2D eigenvalue weighted by Crippen LogP contribution is -2.43. The van der Waals surface area contributed by atoms with E-state index in [2.05, 4.69) is 10.3 Å². The van der Waals surface area contributed by atoms with E-state index in [1.807, 2.05) is 0 Å². The second-order valence-corrected chi connectivity index (χ2v) is 8.24. The second kappa shape index (κ2) is 6.99. The van der Waals surface area contributed by atoms with Crippen molar-refractivity contribution in [2.45, 2.75) is 31.2 Å². The number of hydrogen-bond acceptors (Lipinski definition) is 5. The average Bonchev–Trinajstić information content (AvgIpc) is 3.09. The molecule has 1 aromatic heterocycles. The third kappa shape index (κ3) is 3.34. The zero-order valence-corrected chi connectivity index (χ0v) is 15.9. The smallest absolute Gasteiger partial charge is 0.275 e. The Bertz CT molecular complexity index is 911. The molecule has 2 atom stereocenters. The quantitative estimate of drug-likeness (QED) is 0.847. The number of anilines is 1. The summed E-state index contributed by atoms with van der Waals surface area (Å²) in [6.45, 7) is 0. The molecule has 27 heavy (non-hydrogen) atoms. The van der Waals surface area contributed by atoms with Gasteiger partial charge in [0.05, 0.1) is 11.9 Å². The highest BCUT2D eigenvalue weighted by molar-refractivity contribution is 8.13. The molecular formula is C19H22FN5OS. The van der Waals surface area contributed by atoms with Crippen molar-refractivity contribution in [1.29, 1.82) is 0 Å². The number of amidine groups is 1. The number of aliphatic imine (C=N–C) groups is 1. The molecule has 2 aromatic rings. The number of thioether (sulfide) groups is 1. The van der Waals surface area contributed by atoms with E-state index in [0.29, 0.717) is 22.1 Å². The van der Waals surface area contributed by atoms with Crippen molar-refractivity contribution in [3.63, 3.8) is 0 Å². The number of imidazole rings is 1. The van der Waals surface area contributed by atoms with Gasteiger partial charge in [0.25, 0.3) is 5.91 Å². The molecule has 2 heterocycles. The number of aromatic nitrogens is 2. The first-order chi connectivity index (χ1) is 13.0. The van der Waals surface area contributed by atoms with E-state index in [-0.39, 0.29) is 17.6 Å². The summed E-state index contributed by atoms with van der Waals surface area (Å²) >= 11 is 1.54. The van der Waals surface area contributed by atoms with E-state index in [9.17, 15) is 9.18 Å². The van der Waals surface area contributed by atoms with Crippen molar-refractivity contribution in [3.8, 4) is 0 Å². The Labute approximate surface area is 161 Å². The van der Waals surface area contributed by atoms with E-state index >= 15 is 0 Å². The molecule has 4 rings (SSSR count). The predicted molar refractivity (Wildman–Crippen MR) is 105 cm³/mol. The van der Waals surface area contributed by atoms with E-state index in [4.69, 9.17) is 10.7 Å². The fraction of sp³-hybridized carbons (Fsp3) is 0.421. The molecule has 3 N–H and O–H groups in total. The van der Waals surface area contributed by atoms with Gasteiger partial charge in [-0.15, -0.1) is 0 Å². The topological polar surface area (TPSA) is 85.3 Å². The lowest BCUT2D eigenvalue weighted by molar-refractivity contribution is 0.102. The average molecular weight is 387 g/mol. The molecule has 1 fully saturated rings. The molecule has 1 aliphatic carbocycles. The van der Waals surface area contributed by atoms with Gasteiger partial charge in [0.1, 0.15) is 11.5 Å². The highest BCUT2D eigenvalue weighted by Crippen LogP contribution is 2.50. The number of fused-ring (bicyclic) bond motifs is 1. The molecule has 1 amide bonds. The highest BCUT2D eigenvalue weighted by Gasteiger charge is 2.46. The Balaban J connectivity index is 1.69. The minimum atomic E-state index is -0.636. The molecule has 1 saturated carbocycles. The van der Waals surface area contributed by atoms with Crippen molar-refractivity contribution >= 4 is 28.5 Å². The van der Waals surface area contributed by atoms with Crippen molar-refractivity contribution in [1.82, 2.24) is 9.55 Å². The first-order valence-electron chi connectivity index (χ1n) is 9.05. The van der Waals surface area contributed by atoms with Crippen molar-refractivity contribution in [2.75, 3.05) is 11.1 Å². The minimum absolute atomic E-state index is 0.250. The molecule has 0 bridgehead atoms. The summed E-state index contributed by atoms with van der Waals surface area (Å²) in [4.78, 5) is 21.2. The zero-order valence-electron chi connectivity index (χ0n) is 15.1. The summed E-state index contributed by atoms with van der Waals surface area (Å²) in [7, 11) is 1.80. The maximum absolute atomic E-state index is 14.9. The van der Waals surface area contributed by atoms with E-state index in [1.54, 1.807) is 48.0 Å².